The summed E-state index contributed by atoms with van der Waals surface area (Å²) in [5.41, 5.74) is 3.04. The third kappa shape index (κ3) is 13.6. The first-order chi connectivity index (χ1) is 30.3. The Labute approximate surface area is 371 Å². The van der Waals surface area contributed by atoms with Crippen LogP contribution in [0.15, 0.2) is 60.9 Å². The molecule has 18 heteroatoms. The van der Waals surface area contributed by atoms with Gasteiger partial charge in [0.25, 0.3) is 0 Å². The fourth-order valence-corrected chi connectivity index (χ4v) is 7.49. The number of aromatic amines is 2. The van der Waals surface area contributed by atoms with Gasteiger partial charge in [0.15, 0.2) is 0 Å². The van der Waals surface area contributed by atoms with E-state index in [4.69, 9.17) is 0 Å². The summed E-state index contributed by atoms with van der Waals surface area (Å²) >= 11 is 0. The van der Waals surface area contributed by atoms with E-state index in [1.807, 2.05) is 48.5 Å². The van der Waals surface area contributed by atoms with Crippen LogP contribution in [0.5, 0.6) is 0 Å². The SMILES string of the molecule is CC[C@H](C)[C@H](NC(=O)[C@@H](CC(=O)O)NC(=O)[C@H](CC(C)C)NC(=O)[C@@H](Cc1c[nH]c2ccccc12)NC(C)=O)C(=O)N[C@@H](C(=O)N[C@@H](Cc1c[nH]c2ccccc12)C(=O)O)[C@@H](C)CC. The van der Waals surface area contributed by atoms with Gasteiger partial charge in [-0.1, -0.05) is 90.8 Å². The minimum atomic E-state index is -1.71. The van der Waals surface area contributed by atoms with Crippen molar-refractivity contribution in [2.24, 2.45) is 17.8 Å². The maximum Gasteiger partial charge on any atom is 0.326 e. The average molecular weight is 887 g/mol. The maximum absolute atomic E-state index is 14.1. The van der Waals surface area contributed by atoms with Gasteiger partial charge in [-0.15, -0.1) is 0 Å². The van der Waals surface area contributed by atoms with E-state index < -0.39 is 102 Å². The molecule has 0 aliphatic heterocycles. The van der Waals surface area contributed by atoms with Gasteiger partial charge in [-0.3, -0.25) is 33.6 Å². The van der Waals surface area contributed by atoms with Crippen LogP contribution in [-0.4, -0.2) is 104 Å². The molecule has 2 aromatic carbocycles. The molecule has 0 saturated heterocycles. The van der Waals surface area contributed by atoms with E-state index in [2.05, 4.69) is 41.9 Å². The van der Waals surface area contributed by atoms with E-state index in [1.54, 1.807) is 53.9 Å². The number of hydrogen-bond acceptors (Lipinski definition) is 8. The molecular formula is C46H62N8O10. The number of carboxylic acid groups (broad SMARTS) is 2. The lowest BCUT2D eigenvalue weighted by atomic mass is 9.94. The van der Waals surface area contributed by atoms with Crippen molar-refractivity contribution in [3.05, 3.63) is 72.1 Å². The van der Waals surface area contributed by atoms with E-state index >= 15 is 0 Å². The summed E-state index contributed by atoms with van der Waals surface area (Å²) in [6.45, 7) is 11.8. The fraction of sp³-hybridized carbons (Fsp3) is 0.478. The number of fused-ring (bicyclic) bond motifs is 2. The molecule has 0 aliphatic rings. The molecule has 0 bridgehead atoms. The minimum Gasteiger partial charge on any atom is -0.481 e. The zero-order valence-electron chi connectivity index (χ0n) is 37.4. The number of nitrogens with one attached hydrogen (secondary N) is 8. The highest BCUT2D eigenvalue weighted by Gasteiger charge is 2.37. The van der Waals surface area contributed by atoms with Crippen molar-refractivity contribution < 1.29 is 48.6 Å². The Balaban J connectivity index is 1.51. The zero-order valence-corrected chi connectivity index (χ0v) is 37.4. The highest BCUT2D eigenvalue weighted by molar-refractivity contribution is 5.98. The van der Waals surface area contributed by atoms with Crippen molar-refractivity contribution >= 4 is 69.2 Å². The van der Waals surface area contributed by atoms with E-state index in [1.165, 1.54) is 6.92 Å². The molecule has 346 valence electrons. The van der Waals surface area contributed by atoms with Gasteiger partial charge in [-0.2, -0.15) is 0 Å². The molecule has 18 nitrogen and oxygen atoms in total. The van der Waals surface area contributed by atoms with Gasteiger partial charge in [0, 0.05) is 54.0 Å². The van der Waals surface area contributed by atoms with Crippen molar-refractivity contribution in [2.75, 3.05) is 0 Å². The molecule has 0 radical (unpaired) electrons. The monoisotopic (exact) mass is 886 g/mol. The Bertz CT molecular complexity index is 2300. The first-order valence-electron chi connectivity index (χ1n) is 21.7. The van der Waals surface area contributed by atoms with Crippen molar-refractivity contribution in [1.29, 1.82) is 0 Å². The summed E-state index contributed by atoms with van der Waals surface area (Å²) in [6, 6.07) is 6.81. The smallest absolute Gasteiger partial charge is 0.326 e. The molecule has 64 heavy (non-hydrogen) atoms. The molecule has 0 spiro atoms. The fourth-order valence-electron chi connectivity index (χ4n) is 7.49. The minimum absolute atomic E-state index is 0.0445. The van der Waals surface area contributed by atoms with Crippen LogP contribution in [-0.2, 0) is 51.2 Å². The maximum atomic E-state index is 14.1. The van der Waals surface area contributed by atoms with Gasteiger partial charge >= 0.3 is 11.9 Å². The van der Waals surface area contributed by atoms with Crippen LogP contribution in [0.1, 0.15) is 85.3 Å². The van der Waals surface area contributed by atoms with Crippen LogP contribution in [0.2, 0.25) is 0 Å². The third-order valence-electron chi connectivity index (χ3n) is 11.4. The van der Waals surface area contributed by atoms with Gasteiger partial charge in [0.2, 0.25) is 35.4 Å². The Morgan fingerprint density at radius 1 is 0.547 bits per heavy atom. The Morgan fingerprint density at radius 3 is 1.44 bits per heavy atom. The molecule has 4 rings (SSSR count). The number of H-pyrrole nitrogens is 2. The van der Waals surface area contributed by atoms with Crippen molar-refractivity contribution in [3.8, 4) is 0 Å². The highest BCUT2D eigenvalue weighted by atomic mass is 16.4. The van der Waals surface area contributed by atoms with E-state index in [9.17, 15) is 48.6 Å². The summed E-state index contributed by atoms with van der Waals surface area (Å²) in [5, 5.41) is 37.2. The lowest BCUT2D eigenvalue weighted by molar-refractivity contribution is -0.142. The quantitative estimate of drug-likeness (QED) is 0.0491. The topological polar surface area (TPSA) is 281 Å². The number of benzene rings is 2. The summed E-state index contributed by atoms with van der Waals surface area (Å²) in [6.07, 6.45) is 3.42. The molecule has 0 unspecified atom stereocenters. The number of amides is 6. The normalized spacial score (nSPS) is 15.1. The van der Waals surface area contributed by atoms with Crippen molar-refractivity contribution in [3.63, 3.8) is 0 Å². The number of carbonyl (C=O) groups excluding carboxylic acids is 6. The summed E-state index contributed by atoms with van der Waals surface area (Å²) in [7, 11) is 0. The third-order valence-corrected chi connectivity index (χ3v) is 11.4. The molecule has 8 atom stereocenters. The van der Waals surface area contributed by atoms with Gasteiger partial charge in [0.1, 0.15) is 36.3 Å². The molecule has 4 aromatic rings. The molecule has 2 aromatic heterocycles. The number of para-hydroxylation sites is 2. The second-order valence-corrected chi connectivity index (χ2v) is 16.9. The molecule has 0 saturated carbocycles. The Kier molecular flexibility index (Phi) is 18.0. The van der Waals surface area contributed by atoms with Gasteiger partial charge in [-0.05, 0) is 47.4 Å². The summed E-state index contributed by atoms with van der Waals surface area (Å²) in [4.78, 5) is 112. The zero-order chi connectivity index (χ0) is 47.2. The first-order valence-corrected chi connectivity index (χ1v) is 21.7. The van der Waals surface area contributed by atoms with Crippen LogP contribution in [0, 0.1) is 17.8 Å². The summed E-state index contributed by atoms with van der Waals surface area (Å²) < 4.78 is 0. The van der Waals surface area contributed by atoms with Gasteiger partial charge in [-0.25, -0.2) is 4.79 Å². The molecule has 0 aliphatic carbocycles. The van der Waals surface area contributed by atoms with Gasteiger partial charge < -0.3 is 52.1 Å². The second kappa shape index (κ2) is 23.1. The molecule has 10 N–H and O–H groups in total. The van der Waals surface area contributed by atoms with Crippen LogP contribution in [0.4, 0.5) is 0 Å². The van der Waals surface area contributed by atoms with Crippen LogP contribution in [0.3, 0.4) is 0 Å². The van der Waals surface area contributed by atoms with E-state index in [0.29, 0.717) is 18.4 Å². The van der Waals surface area contributed by atoms with Crippen LogP contribution >= 0.6 is 0 Å². The number of aromatic nitrogens is 2. The number of carboxylic acids is 2. The van der Waals surface area contributed by atoms with Crippen molar-refractivity contribution in [1.82, 2.24) is 41.9 Å². The Morgan fingerprint density at radius 2 is 0.969 bits per heavy atom. The largest absolute Gasteiger partial charge is 0.481 e. The molecule has 2 heterocycles. The molecule has 6 amide bonds. The van der Waals surface area contributed by atoms with Crippen LogP contribution < -0.4 is 31.9 Å². The average Bonchev–Trinajstić information content (AvgIpc) is 3.86. The second-order valence-electron chi connectivity index (χ2n) is 16.9. The lowest BCUT2D eigenvalue weighted by Crippen LogP contribution is -2.61. The standard InChI is InChI=1S/C46H62N8O10/c1-8-25(5)39(44(61)52-37(46(63)64)20-29-23-48-33-17-13-11-15-31(29)33)54-45(62)40(26(6)9-2)53-43(60)36(21-38(56)57)51-41(58)34(18-24(3)4)50-42(59)35(49-27(7)55)19-28-22-47-32-16-12-10-14-30(28)32/h10-17,22-26,34-37,39-40,47-48H,8-9,18-21H2,1-7H3,(H,49,55)(H,50,59)(H,51,58)(H,52,61)(H,53,60)(H,54,62)(H,56,57)(H,63,64)/t25-,26-,34-,35+,36+,37-,39+,40-/m0/s1. The van der Waals surface area contributed by atoms with Crippen molar-refractivity contribution in [2.45, 2.75) is 123 Å². The van der Waals surface area contributed by atoms with E-state index in [0.717, 1.165) is 27.4 Å². The van der Waals surface area contributed by atoms with Gasteiger partial charge in [0.05, 0.1) is 6.42 Å². The summed E-state index contributed by atoms with van der Waals surface area (Å²) in [5.74, 6) is -8.49. The number of aliphatic carboxylic acids is 2. The predicted molar refractivity (Wildman–Crippen MR) is 240 cm³/mol. The molecule has 0 fully saturated rings. The number of carbonyl (C=O) groups is 8. The molecular weight excluding hydrogens is 825 g/mol. The predicted octanol–water partition coefficient (Wildman–Crippen LogP) is 3.06. The van der Waals surface area contributed by atoms with E-state index in [-0.39, 0.29) is 25.2 Å². The number of rotatable bonds is 24. The lowest BCUT2D eigenvalue weighted by Gasteiger charge is -2.30. The number of hydrogen-bond donors (Lipinski definition) is 10. The Hall–Kier alpha value is -6.72. The highest BCUT2D eigenvalue weighted by Crippen LogP contribution is 2.21. The van der Waals surface area contributed by atoms with Crippen LogP contribution in [0.25, 0.3) is 21.8 Å². The first kappa shape index (κ1) is 49.9.